The highest BCUT2D eigenvalue weighted by Crippen LogP contribution is 2.66. The number of carbonyl (C=O) groups is 2. The first-order valence-corrected chi connectivity index (χ1v) is 10.3. The SMILES string of the molecule is C[C@]12CC[C@H](CC(=O)N=O)CC1CCC1C2CC[C@]2(C)C(=O)CCC12. The first kappa shape index (κ1) is 17.4. The van der Waals surface area contributed by atoms with Crippen LogP contribution in [-0.2, 0) is 9.59 Å². The van der Waals surface area contributed by atoms with E-state index in [4.69, 9.17) is 0 Å². The van der Waals surface area contributed by atoms with E-state index in [2.05, 4.69) is 19.0 Å². The minimum atomic E-state index is -0.472. The smallest absolute Gasteiger partial charge is 0.286 e. The highest BCUT2D eigenvalue weighted by molar-refractivity contribution is 5.87. The maximum absolute atomic E-state index is 12.5. The minimum Gasteiger partial charge on any atom is -0.299 e. The van der Waals surface area contributed by atoms with Crippen LogP contribution in [0.2, 0.25) is 0 Å². The van der Waals surface area contributed by atoms with Gasteiger partial charge in [0.1, 0.15) is 5.78 Å². The number of amides is 1. The van der Waals surface area contributed by atoms with Gasteiger partial charge in [-0.1, -0.05) is 13.8 Å². The van der Waals surface area contributed by atoms with E-state index in [1.807, 2.05) is 0 Å². The molecule has 7 atom stereocenters. The second-order valence-electron chi connectivity index (χ2n) is 9.90. The maximum atomic E-state index is 12.5. The van der Waals surface area contributed by atoms with E-state index in [-0.39, 0.29) is 5.41 Å². The summed E-state index contributed by atoms with van der Waals surface area (Å²) in [5.74, 6) is 3.15. The van der Waals surface area contributed by atoms with Gasteiger partial charge in [-0.05, 0) is 86.4 Å². The predicted molar refractivity (Wildman–Crippen MR) is 95.6 cm³/mol. The van der Waals surface area contributed by atoms with Gasteiger partial charge in [-0.3, -0.25) is 9.59 Å². The Morgan fingerprint density at radius 2 is 1.88 bits per heavy atom. The average Bonchev–Trinajstić information content (AvgIpc) is 2.90. The molecule has 0 spiro atoms. The number of rotatable bonds is 2. The van der Waals surface area contributed by atoms with Gasteiger partial charge in [0, 0.05) is 23.4 Å². The Labute approximate surface area is 150 Å². The molecular formula is C21H31NO3. The Morgan fingerprint density at radius 3 is 2.64 bits per heavy atom. The van der Waals surface area contributed by atoms with Gasteiger partial charge in [-0.15, -0.1) is 4.91 Å². The molecule has 4 rings (SSSR count). The Morgan fingerprint density at radius 1 is 1.08 bits per heavy atom. The zero-order chi connectivity index (χ0) is 17.8. The number of fused-ring (bicyclic) bond motifs is 5. The molecule has 0 heterocycles. The van der Waals surface area contributed by atoms with Crippen LogP contribution in [0.3, 0.4) is 0 Å². The lowest BCUT2D eigenvalue weighted by atomic mass is 9.44. The van der Waals surface area contributed by atoms with Crippen molar-refractivity contribution < 1.29 is 9.59 Å². The third-order valence-corrected chi connectivity index (χ3v) is 9.05. The lowest BCUT2D eigenvalue weighted by Gasteiger charge is -2.60. The van der Waals surface area contributed by atoms with Crippen LogP contribution in [0.1, 0.15) is 78.1 Å². The first-order valence-electron chi connectivity index (χ1n) is 10.3. The normalized spacial score (nSPS) is 49.0. The van der Waals surface area contributed by atoms with Crippen LogP contribution in [0.4, 0.5) is 0 Å². The Balaban J connectivity index is 1.52. The summed E-state index contributed by atoms with van der Waals surface area (Å²) in [5.41, 5.74) is 0.327. The quantitative estimate of drug-likeness (QED) is 0.669. The molecule has 4 aliphatic rings. The fourth-order valence-electron chi connectivity index (χ4n) is 7.59. The largest absolute Gasteiger partial charge is 0.299 e. The number of hydrogen-bond donors (Lipinski definition) is 0. The second-order valence-corrected chi connectivity index (χ2v) is 9.90. The van der Waals surface area contributed by atoms with Gasteiger partial charge in [-0.25, -0.2) is 0 Å². The van der Waals surface area contributed by atoms with Crippen molar-refractivity contribution in [1.82, 2.24) is 0 Å². The molecule has 0 aromatic rings. The molecule has 4 unspecified atom stereocenters. The molecule has 138 valence electrons. The summed E-state index contributed by atoms with van der Waals surface area (Å²) in [7, 11) is 0. The van der Waals surface area contributed by atoms with Gasteiger partial charge < -0.3 is 0 Å². The van der Waals surface area contributed by atoms with Crippen LogP contribution < -0.4 is 0 Å². The van der Waals surface area contributed by atoms with Crippen molar-refractivity contribution in [3.05, 3.63) is 4.91 Å². The summed E-state index contributed by atoms with van der Waals surface area (Å²) in [4.78, 5) is 34.4. The molecular weight excluding hydrogens is 314 g/mol. The van der Waals surface area contributed by atoms with Crippen LogP contribution in [0.5, 0.6) is 0 Å². The maximum Gasteiger partial charge on any atom is 0.286 e. The Hall–Kier alpha value is -1.06. The summed E-state index contributed by atoms with van der Waals surface area (Å²) in [6.45, 7) is 4.73. The molecule has 25 heavy (non-hydrogen) atoms. The van der Waals surface area contributed by atoms with Crippen molar-refractivity contribution >= 4 is 11.7 Å². The third-order valence-electron chi connectivity index (χ3n) is 9.05. The average molecular weight is 345 g/mol. The molecule has 0 N–H and O–H groups in total. The molecule has 0 bridgehead atoms. The molecule has 1 amide bonds. The van der Waals surface area contributed by atoms with Crippen molar-refractivity contribution in [1.29, 1.82) is 0 Å². The molecule has 0 saturated heterocycles. The number of carbonyl (C=O) groups excluding carboxylic acids is 2. The number of hydrogen-bond acceptors (Lipinski definition) is 3. The molecule has 0 aromatic carbocycles. The standard InChI is InChI=1S/C21H31NO3/c1-20-9-7-13(12-19(24)22-25)11-14(20)3-4-15-16-5-6-18(23)21(16,2)10-8-17(15)20/h13-17H,3-12H2,1-2H3/t13-,14?,15?,16?,17?,20-,21-/m0/s1. The molecule has 4 saturated carbocycles. The van der Waals surface area contributed by atoms with Crippen molar-refractivity contribution in [3.8, 4) is 0 Å². The fourth-order valence-corrected chi connectivity index (χ4v) is 7.59. The zero-order valence-corrected chi connectivity index (χ0v) is 15.6. The summed E-state index contributed by atoms with van der Waals surface area (Å²) >= 11 is 0. The zero-order valence-electron chi connectivity index (χ0n) is 15.6. The van der Waals surface area contributed by atoms with E-state index in [0.29, 0.717) is 35.4 Å². The van der Waals surface area contributed by atoms with Gasteiger partial charge in [0.25, 0.3) is 5.91 Å². The summed E-state index contributed by atoms with van der Waals surface area (Å²) < 4.78 is 0. The number of nitrogens with zero attached hydrogens (tertiary/aromatic N) is 1. The fraction of sp³-hybridized carbons (Fsp3) is 0.905. The van der Waals surface area contributed by atoms with Crippen LogP contribution >= 0.6 is 0 Å². The van der Waals surface area contributed by atoms with Gasteiger partial charge >= 0.3 is 0 Å². The monoisotopic (exact) mass is 345 g/mol. The van der Waals surface area contributed by atoms with Crippen molar-refractivity contribution in [2.45, 2.75) is 78.1 Å². The van der Waals surface area contributed by atoms with Gasteiger partial charge in [0.15, 0.2) is 0 Å². The molecule has 4 nitrogen and oxygen atoms in total. The van der Waals surface area contributed by atoms with E-state index >= 15 is 0 Å². The van der Waals surface area contributed by atoms with Gasteiger partial charge in [0.05, 0.1) is 0 Å². The second kappa shape index (κ2) is 5.99. The molecule has 4 aliphatic carbocycles. The van der Waals surface area contributed by atoms with E-state index in [1.165, 1.54) is 25.7 Å². The number of nitroso groups, excluding NO2 is 1. The Kier molecular flexibility index (Phi) is 4.16. The summed E-state index contributed by atoms with van der Waals surface area (Å²) in [5, 5.41) is 2.60. The highest BCUT2D eigenvalue weighted by atomic mass is 16.3. The lowest BCUT2D eigenvalue weighted by molar-refractivity contribution is -0.140. The third kappa shape index (κ3) is 2.54. The highest BCUT2D eigenvalue weighted by Gasteiger charge is 2.60. The van der Waals surface area contributed by atoms with Crippen LogP contribution in [0.15, 0.2) is 5.18 Å². The molecule has 4 heteroatoms. The number of Topliss-reactive ketones (excluding diaryl/α,β-unsaturated/α-hetero) is 1. The van der Waals surface area contributed by atoms with Gasteiger partial charge in [-0.2, -0.15) is 0 Å². The van der Waals surface area contributed by atoms with Gasteiger partial charge in [0.2, 0.25) is 0 Å². The lowest BCUT2D eigenvalue weighted by Crippen LogP contribution is -2.53. The molecule has 0 radical (unpaired) electrons. The van der Waals surface area contributed by atoms with E-state index in [1.54, 1.807) is 0 Å². The van der Waals surface area contributed by atoms with E-state index < -0.39 is 5.91 Å². The summed E-state index contributed by atoms with van der Waals surface area (Å²) in [6, 6.07) is 0. The molecule has 4 fully saturated rings. The predicted octanol–water partition coefficient (Wildman–Crippen LogP) is 4.90. The van der Waals surface area contributed by atoms with E-state index in [9.17, 15) is 14.5 Å². The van der Waals surface area contributed by atoms with Crippen LogP contribution in [-0.4, -0.2) is 11.7 Å². The van der Waals surface area contributed by atoms with Crippen LogP contribution in [0, 0.1) is 45.3 Å². The minimum absolute atomic E-state index is 0.0381. The first-order chi connectivity index (χ1) is 11.9. The molecule has 0 aliphatic heterocycles. The van der Waals surface area contributed by atoms with E-state index in [0.717, 1.165) is 43.9 Å². The summed E-state index contributed by atoms with van der Waals surface area (Å²) in [6.07, 6.45) is 10.3. The Bertz CT molecular complexity index is 602. The molecule has 0 aromatic heterocycles. The topological polar surface area (TPSA) is 63.6 Å². The van der Waals surface area contributed by atoms with Crippen LogP contribution in [0.25, 0.3) is 0 Å². The number of ketones is 1. The van der Waals surface area contributed by atoms with Crippen molar-refractivity contribution in [2.75, 3.05) is 0 Å². The van der Waals surface area contributed by atoms with Crippen molar-refractivity contribution in [3.63, 3.8) is 0 Å². The van der Waals surface area contributed by atoms with Crippen molar-refractivity contribution in [2.24, 2.45) is 45.6 Å².